The second kappa shape index (κ2) is 7.77. The molecule has 0 saturated heterocycles. The Morgan fingerprint density at radius 3 is 2.58 bits per heavy atom. The number of benzene rings is 1. The standard InChI is InChI=1S/C19H19N3O4/c1-26-19(25)13-3-2-4-14(9-13)22-18(24)16-10-15(16)17(23)21-11-12-5-7-20-8-6-12/h2-9,15-16H,10-11H2,1H3,(H,21,23)(H,22,24). The maximum absolute atomic E-state index is 12.3. The van der Waals surface area contributed by atoms with Gasteiger partial charge in [-0.15, -0.1) is 0 Å². The van der Waals surface area contributed by atoms with Crippen molar-refractivity contribution in [3.05, 3.63) is 59.9 Å². The molecule has 26 heavy (non-hydrogen) atoms. The molecule has 1 aromatic carbocycles. The number of hydrogen-bond donors (Lipinski definition) is 2. The van der Waals surface area contributed by atoms with Crippen LogP contribution in [0.3, 0.4) is 0 Å². The molecule has 1 aliphatic rings. The minimum absolute atomic E-state index is 0.134. The predicted octanol–water partition coefficient (Wildman–Crippen LogP) is 1.76. The van der Waals surface area contributed by atoms with Crippen LogP contribution in [0.15, 0.2) is 48.8 Å². The molecule has 7 nitrogen and oxygen atoms in total. The zero-order valence-corrected chi connectivity index (χ0v) is 14.3. The van der Waals surface area contributed by atoms with Gasteiger partial charge in [-0.2, -0.15) is 0 Å². The highest BCUT2D eigenvalue weighted by Crippen LogP contribution is 2.39. The molecule has 2 unspecified atom stereocenters. The highest BCUT2D eigenvalue weighted by molar-refractivity contribution is 6.00. The molecular formula is C19H19N3O4. The van der Waals surface area contributed by atoms with E-state index in [1.54, 1.807) is 36.7 Å². The van der Waals surface area contributed by atoms with Crippen molar-refractivity contribution < 1.29 is 19.1 Å². The number of pyridine rings is 1. The molecule has 1 saturated carbocycles. The summed E-state index contributed by atoms with van der Waals surface area (Å²) in [5.74, 6) is -1.50. The number of aromatic nitrogens is 1. The van der Waals surface area contributed by atoms with Crippen LogP contribution in [0.5, 0.6) is 0 Å². The monoisotopic (exact) mass is 353 g/mol. The summed E-state index contributed by atoms with van der Waals surface area (Å²) in [4.78, 5) is 39.9. The molecule has 2 aromatic rings. The Balaban J connectivity index is 1.51. The van der Waals surface area contributed by atoms with Crippen molar-refractivity contribution in [2.75, 3.05) is 12.4 Å². The van der Waals surface area contributed by atoms with Crippen LogP contribution in [-0.2, 0) is 20.9 Å². The Hall–Kier alpha value is -3.22. The third-order valence-corrected chi connectivity index (χ3v) is 4.23. The summed E-state index contributed by atoms with van der Waals surface area (Å²) in [6.45, 7) is 0.410. The lowest BCUT2D eigenvalue weighted by Gasteiger charge is -2.07. The van der Waals surface area contributed by atoms with Gasteiger partial charge in [0.25, 0.3) is 0 Å². The fourth-order valence-electron chi connectivity index (χ4n) is 2.67. The Bertz CT molecular complexity index is 823. The molecule has 7 heteroatoms. The van der Waals surface area contributed by atoms with E-state index in [0.29, 0.717) is 24.2 Å². The largest absolute Gasteiger partial charge is 0.465 e. The van der Waals surface area contributed by atoms with Gasteiger partial charge in [0, 0.05) is 24.6 Å². The van der Waals surface area contributed by atoms with E-state index in [1.165, 1.54) is 7.11 Å². The predicted molar refractivity (Wildman–Crippen MR) is 94.1 cm³/mol. The number of anilines is 1. The van der Waals surface area contributed by atoms with E-state index in [1.807, 2.05) is 12.1 Å². The lowest BCUT2D eigenvalue weighted by Crippen LogP contribution is -2.27. The number of nitrogens with one attached hydrogen (secondary N) is 2. The van der Waals surface area contributed by atoms with Crippen LogP contribution in [0.2, 0.25) is 0 Å². The van der Waals surface area contributed by atoms with Crippen molar-refractivity contribution in [2.45, 2.75) is 13.0 Å². The topological polar surface area (TPSA) is 97.4 Å². The van der Waals surface area contributed by atoms with Gasteiger partial charge in [-0.3, -0.25) is 14.6 Å². The molecule has 0 spiro atoms. The third kappa shape index (κ3) is 4.24. The smallest absolute Gasteiger partial charge is 0.337 e. The van der Waals surface area contributed by atoms with Crippen LogP contribution in [0.4, 0.5) is 5.69 Å². The van der Waals surface area contributed by atoms with Gasteiger partial charge < -0.3 is 15.4 Å². The Labute approximate surface area is 150 Å². The molecule has 2 atom stereocenters. The molecule has 1 aromatic heterocycles. The Morgan fingerprint density at radius 2 is 1.85 bits per heavy atom. The molecule has 134 valence electrons. The molecule has 2 N–H and O–H groups in total. The fraction of sp³-hybridized carbons (Fsp3) is 0.263. The summed E-state index contributed by atoms with van der Waals surface area (Å²) in [6, 6.07) is 10.1. The van der Waals surface area contributed by atoms with E-state index >= 15 is 0 Å². The molecule has 1 aliphatic carbocycles. The molecule has 0 aliphatic heterocycles. The summed E-state index contributed by atoms with van der Waals surface area (Å²) in [6.07, 6.45) is 3.85. The number of rotatable bonds is 6. The molecule has 0 bridgehead atoms. The first-order valence-electron chi connectivity index (χ1n) is 8.24. The van der Waals surface area contributed by atoms with E-state index in [4.69, 9.17) is 0 Å². The van der Waals surface area contributed by atoms with E-state index in [9.17, 15) is 14.4 Å². The number of carbonyl (C=O) groups excluding carboxylic acids is 3. The van der Waals surface area contributed by atoms with Crippen molar-refractivity contribution in [3.8, 4) is 0 Å². The van der Waals surface area contributed by atoms with E-state index in [-0.39, 0.29) is 23.7 Å². The number of ether oxygens (including phenoxy) is 1. The zero-order chi connectivity index (χ0) is 18.5. The van der Waals surface area contributed by atoms with Gasteiger partial charge >= 0.3 is 5.97 Å². The maximum Gasteiger partial charge on any atom is 0.337 e. The van der Waals surface area contributed by atoms with Crippen molar-refractivity contribution in [1.82, 2.24) is 10.3 Å². The number of methoxy groups -OCH3 is 1. The lowest BCUT2D eigenvalue weighted by atomic mass is 10.2. The van der Waals surface area contributed by atoms with Crippen LogP contribution in [0, 0.1) is 11.8 Å². The molecule has 1 heterocycles. The normalized spacial score (nSPS) is 17.9. The highest BCUT2D eigenvalue weighted by Gasteiger charge is 2.47. The second-order valence-electron chi connectivity index (χ2n) is 6.08. The first-order chi connectivity index (χ1) is 12.6. The van der Waals surface area contributed by atoms with Gasteiger partial charge in [0.15, 0.2) is 0 Å². The minimum atomic E-state index is -0.471. The van der Waals surface area contributed by atoms with Gasteiger partial charge in [-0.1, -0.05) is 6.07 Å². The second-order valence-corrected chi connectivity index (χ2v) is 6.08. The summed E-state index contributed by atoms with van der Waals surface area (Å²) >= 11 is 0. The molecule has 1 fully saturated rings. The van der Waals surface area contributed by atoms with Gasteiger partial charge in [-0.25, -0.2) is 4.79 Å². The minimum Gasteiger partial charge on any atom is -0.465 e. The fourth-order valence-corrected chi connectivity index (χ4v) is 2.67. The van der Waals surface area contributed by atoms with E-state index in [2.05, 4.69) is 20.4 Å². The number of carbonyl (C=O) groups is 3. The van der Waals surface area contributed by atoms with Crippen LogP contribution in [-0.4, -0.2) is 29.9 Å². The van der Waals surface area contributed by atoms with Crippen molar-refractivity contribution >= 4 is 23.5 Å². The maximum atomic E-state index is 12.3. The highest BCUT2D eigenvalue weighted by atomic mass is 16.5. The number of amides is 2. The SMILES string of the molecule is COC(=O)c1cccc(NC(=O)C2CC2C(=O)NCc2ccncc2)c1. The first kappa shape index (κ1) is 17.6. The third-order valence-electron chi connectivity index (χ3n) is 4.23. The lowest BCUT2D eigenvalue weighted by molar-refractivity contribution is -0.125. The Kier molecular flexibility index (Phi) is 5.26. The average molecular weight is 353 g/mol. The quantitative estimate of drug-likeness (QED) is 0.771. The van der Waals surface area contributed by atoms with Crippen LogP contribution >= 0.6 is 0 Å². The van der Waals surface area contributed by atoms with Gasteiger partial charge in [-0.05, 0) is 42.3 Å². The molecule has 3 rings (SSSR count). The number of hydrogen-bond acceptors (Lipinski definition) is 5. The van der Waals surface area contributed by atoms with E-state index in [0.717, 1.165) is 5.56 Å². The molecule has 2 amide bonds. The first-order valence-corrected chi connectivity index (χ1v) is 8.24. The van der Waals surface area contributed by atoms with Crippen molar-refractivity contribution in [2.24, 2.45) is 11.8 Å². The van der Waals surface area contributed by atoms with Gasteiger partial charge in [0.1, 0.15) is 0 Å². The number of nitrogens with zero attached hydrogens (tertiary/aromatic N) is 1. The molecular weight excluding hydrogens is 334 g/mol. The van der Waals surface area contributed by atoms with Crippen LogP contribution < -0.4 is 10.6 Å². The number of esters is 1. The summed E-state index contributed by atoms with van der Waals surface area (Å²) in [5, 5.41) is 5.58. The van der Waals surface area contributed by atoms with Crippen LogP contribution in [0.1, 0.15) is 22.3 Å². The van der Waals surface area contributed by atoms with Crippen molar-refractivity contribution in [1.29, 1.82) is 0 Å². The van der Waals surface area contributed by atoms with Gasteiger partial charge in [0.05, 0.1) is 24.5 Å². The van der Waals surface area contributed by atoms with Gasteiger partial charge in [0.2, 0.25) is 11.8 Å². The molecule has 0 radical (unpaired) electrons. The summed E-state index contributed by atoms with van der Waals surface area (Å²) in [7, 11) is 1.30. The van der Waals surface area contributed by atoms with Crippen LogP contribution in [0.25, 0.3) is 0 Å². The Morgan fingerprint density at radius 1 is 1.12 bits per heavy atom. The zero-order valence-electron chi connectivity index (χ0n) is 14.3. The average Bonchev–Trinajstić information content (AvgIpc) is 3.47. The van der Waals surface area contributed by atoms with Crippen molar-refractivity contribution in [3.63, 3.8) is 0 Å². The summed E-state index contributed by atoms with van der Waals surface area (Å²) in [5.41, 5.74) is 1.81. The summed E-state index contributed by atoms with van der Waals surface area (Å²) < 4.78 is 4.66. The van der Waals surface area contributed by atoms with E-state index < -0.39 is 5.97 Å².